The third-order valence-electron chi connectivity index (χ3n) is 8.18. The van der Waals surface area contributed by atoms with E-state index >= 15 is 4.57 Å². The maximum Gasteiger partial charge on any atom is 0.311 e. The molecule has 0 aliphatic carbocycles. The fourth-order valence-corrected chi connectivity index (χ4v) is 8.70. The molecule has 0 amide bonds. The first-order chi connectivity index (χ1) is 21.5. The van der Waals surface area contributed by atoms with Gasteiger partial charge in [-0.1, -0.05) is 92.0 Å². The second-order valence-corrected chi connectivity index (χ2v) is 12.7. The molecule has 0 saturated heterocycles. The van der Waals surface area contributed by atoms with Crippen molar-refractivity contribution in [2.75, 3.05) is 14.2 Å². The van der Waals surface area contributed by atoms with Crippen LogP contribution in [-0.2, 0) is 9.09 Å². The second kappa shape index (κ2) is 10.8. The van der Waals surface area contributed by atoms with Crippen molar-refractivity contribution in [2.24, 2.45) is 0 Å². The molecule has 1 atom stereocenters. The van der Waals surface area contributed by atoms with Crippen molar-refractivity contribution in [2.45, 2.75) is 0 Å². The third-order valence-corrected chi connectivity index (χ3v) is 10.6. The smallest absolute Gasteiger partial charge is 0.311 e. The number of nitrogens with zero attached hydrogens (tertiary/aromatic N) is 1. The minimum atomic E-state index is -3.78. The van der Waals surface area contributed by atoms with E-state index in [0.717, 1.165) is 49.8 Å². The lowest BCUT2D eigenvalue weighted by Gasteiger charge is -2.30. The number of benzene rings is 5. The van der Waals surface area contributed by atoms with E-state index < -0.39 is 7.37 Å². The summed E-state index contributed by atoms with van der Waals surface area (Å²) in [6.45, 7) is 7.93. The predicted octanol–water partition coefficient (Wildman–Crippen LogP) is 8.81. The summed E-state index contributed by atoms with van der Waals surface area (Å²) in [6, 6.07) is 36.1. The Morgan fingerprint density at radius 2 is 1.45 bits per heavy atom. The van der Waals surface area contributed by atoms with E-state index in [0.29, 0.717) is 27.9 Å². The maximum atomic E-state index is 15.4. The Balaban J connectivity index is 1.64. The number of fused-ring (bicyclic) bond motifs is 4. The molecular formula is C38H30NO4P. The standard InChI is InChI=1S/C38H30NO4P/c1-5-28-29-19-13-14-20-34(29)44(40,43-32(28)6-2)35-24-33(41-3)37-36(38(35)42-4)30-23-26(25-15-9-7-10-16-25)21-22-31(30)39(37)27-17-11-8-12-18-27/h5-24H,1-2H2,3-4H3. The highest BCUT2D eigenvalue weighted by atomic mass is 31.2. The largest absolute Gasteiger partial charge is 0.495 e. The molecule has 216 valence electrons. The highest BCUT2D eigenvalue weighted by Crippen LogP contribution is 2.57. The topological polar surface area (TPSA) is 49.7 Å². The Kier molecular flexibility index (Phi) is 6.76. The summed E-state index contributed by atoms with van der Waals surface area (Å²) in [7, 11) is -0.540. The summed E-state index contributed by atoms with van der Waals surface area (Å²) >= 11 is 0. The van der Waals surface area contributed by atoms with Crippen molar-refractivity contribution in [1.82, 2.24) is 4.57 Å². The molecule has 1 unspecified atom stereocenters. The molecule has 1 aliphatic heterocycles. The molecule has 1 aromatic heterocycles. The lowest BCUT2D eigenvalue weighted by Crippen LogP contribution is -2.26. The van der Waals surface area contributed by atoms with Crippen LogP contribution in [0.5, 0.6) is 11.5 Å². The first kappa shape index (κ1) is 27.6. The van der Waals surface area contributed by atoms with Crippen molar-refractivity contribution in [3.8, 4) is 28.3 Å². The number of methoxy groups -OCH3 is 2. The van der Waals surface area contributed by atoms with Gasteiger partial charge in [-0.05, 0) is 53.1 Å². The van der Waals surface area contributed by atoms with Crippen LogP contribution in [-0.4, -0.2) is 18.8 Å². The monoisotopic (exact) mass is 595 g/mol. The highest BCUT2D eigenvalue weighted by Gasteiger charge is 2.42. The normalized spacial score (nSPS) is 16.0. The van der Waals surface area contributed by atoms with Gasteiger partial charge in [0, 0.05) is 22.7 Å². The predicted molar refractivity (Wildman–Crippen MR) is 181 cm³/mol. The summed E-state index contributed by atoms with van der Waals surface area (Å²) in [5, 5.41) is 2.70. The lowest BCUT2D eigenvalue weighted by molar-refractivity contribution is 0.407. The number of rotatable bonds is 7. The first-order valence-electron chi connectivity index (χ1n) is 14.3. The zero-order chi connectivity index (χ0) is 30.4. The van der Waals surface area contributed by atoms with Crippen LogP contribution >= 0.6 is 7.37 Å². The van der Waals surface area contributed by atoms with E-state index in [2.05, 4.69) is 60.2 Å². The molecule has 0 N–H and O–H groups in total. The molecule has 0 saturated carbocycles. The van der Waals surface area contributed by atoms with Gasteiger partial charge >= 0.3 is 7.37 Å². The van der Waals surface area contributed by atoms with Crippen LogP contribution in [0.15, 0.2) is 140 Å². The van der Waals surface area contributed by atoms with E-state index in [-0.39, 0.29) is 0 Å². The zero-order valence-corrected chi connectivity index (χ0v) is 25.4. The number of para-hydroxylation sites is 1. The van der Waals surface area contributed by atoms with Gasteiger partial charge in [0.25, 0.3) is 0 Å². The van der Waals surface area contributed by atoms with E-state index in [1.807, 2.05) is 60.7 Å². The summed E-state index contributed by atoms with van der Waals surface area (Å²) < 4.78 is 36.3. The molecule has 44 heavy (non-hydrogen) atoms. The average Bonchev–Trinajstić information content (AvgIpc) is 3.43. The summed E-state index contributed by atoms with van der Waals surface area (Å²) in [5.74, 6) is 1.42. The molecular weight excluding hydrogens is 565 g/mol. The zero-order valence-electron chi connectivity index (χ0n) is 24.5. The second-order valence-electron chi connectivity index (χ2n) is 10.5. The number of hydrogen-bond donors (Lipinski definition) is 0. The molecule has 5 aromatic carbocycles. The Bertz CT molecular complexity index is 2180. The van der Waals surface area contributed by atoms with Gasteiger partial charge in [0.15, 0.2) is 0 Å². The van der Waals surface area contributed by atoms with E-state index in [9.17, 15) is 0 Å². The van der Waals surface area contributed by atoms with Gasteiger partial charge in [-0.15, -0.1) is 0 Å². The van der Waals surface area contributed by atoms with Crippen molar-refractivity contribution >= 4 is 45.4 Å². The van der Waals surface area contributed by atoms with Crippen LogP contribution in [0.1, 0.15) is 5.56 Å². The van der Waals surface area contributed by atoms with Crippen LogP contribution in [0, 0.1) is 0 Å². The fourth-order valence-electron chi connectivity index (χ4n) is 6.24. The molecule has 7 rings (SSSR count). The van der Waals surface area contributed by atoms with Crippen molar-refractivity contribution in [3.63, 3.8) is 0 Å². The van der Waals surface area contributed by atoms with Gasteiger partial charge in [-0.25, -0.2) is 0 Å². The molecule has 0 spiro atoms. The minimum absolute atomic E-state index is 0.404. The SMILES string of the molecule is C=CC1=C(C=C)c2ccccc2P(=O)(c2cc(OC)c3c(c2OC)c2cc(-c4ccccc4)ccc2n3-c2ccccc2)O1. The van der Waals surface area contributed by atoms with Crippen molar-refractivity contribution < 1.29 is 18.6 Å². The molecule has 1 aliphatic rings. The number of aromatic nitrogens is 1. The van der Waals surface area contributed by atoms with Gasteiger partial charge in [-0.2, -0.15) is 0 Å². The van der Waals surface area contributed by atoms with E-state index in [4.69, 9.17) is 14.0 Å². The van der Waals surface area contributed by atoms with Gasteiger partial charge < -0.3 is 18.6 Å². The number of ether oxygens (including phenoxy) is 2. The fraction of sp³-hybridized carbons (Fsp3) is 0.0526. The Morgan fingerprint density at radius 3 is 2.14 bits per heavy atom. The quantitative estimate of drug-likeness (QED) is 0.173. The molecule has 6 heteroatoms. The van der Waals surface area contributed by atoms with Gasteiger partial charge in [0.05, 0.1) is 35.7 Å². The Labute approximate surface area is 256 Å². The van der Waals surface area contributed by atoms with Crippen LogP contribution in [0.2, 0.25) is 0 Å². The number of allylic oxidation sites excluding steroid dienone is 3. The third kappa shape index (κ3) is 4.05. The summed E-state index contributed by atoms with van der Waals surface area (Å²) in [4.78, 5) is 0. The van der Waals surface area contributed by atoms with Crippen LogP contribution in [0.25, 0.3) is 44.2 Å². The van der Waals surface area contributed by atoms with Crippen LogP contribution in [0.3, 0.4) is 0 Å². The molecule has 6 aromatic rings. The van der Waals surface area contributed by atoms with Crippen LogP contribution in [0.4, 0.5) is 0 Å². The minimum Gasteiger partial charge on any atom is -0.495 e. The van der Waals surface area contributed by atoms with Crippen molar-refractivity contribution in [1.29, 1.82) is 0 Å². The van der Waals surface area contributed by atoms with Gasteiger partial charge in [0.2, 0.25) is 0 Å². The van der Waals surface area contributed by atoms with E-state index in [1.165, 1.54) is 0 Å². The Morgan fingerprint density at radius 1 is 0.750 bits per heavy atom. The molecule has 0 fully saturated rings. The molecule has 5 nitrogen and oxygen atoms in total. The van der Waals surface area contributed by atoms with E-state index in [1.54, 1.807) is 32.4 Å². The molecule has 2 heterocycles. The van der Waals surface area contributed by atoms with Crippen molar-refractivity contribution in [3.05, 3.63) is 146 Å². The average molecular weight is 596 g/mol. The number of hydrogen-bond acceptors (Lipinski definition) is 4. The first-order valence-corrected chi connectivity index (χ1v) is 15.9. The highest BCUT2D eigenvalue weighted by molar-refractivity contribution is 7.75. The maximum absolute atomic E-state index is 15.4. The van der Waals surface area contributed by atoms with Crippen LogP contribution < -0.4 is 20.1 Å². The summed E-state index contributed by atoms with van der Waals surface area (Å²) in [5.41, 5.74) is 6.40. The van der Waals surface area contributed by atoms with Gasteiger partial charge in [-0.3, -0.25) is 4.57 Å². The lowest BCUT2D eigenvalue weighted by atomic mass is 10.0. The summed E-state index contributed by atoms with van der Waals surface area (Å²) in [6.07, 6.45) is 3.29. The Hall–Kier alpha value is -5.25. The molecule has 0 radical (unpaired) electrons. The molecule has 0 bridgehead atoms. The van der Waals surface area contributed by atoms with Gasteiger partial charge in [0.1, 0.15) is 22.8 Å².